The number of carbonyl (C=O) groups is 1. The molecule has 0 aliphatic carbocycles. The highest BCUT2D eigenvalue weighted by molar-refractivity contribution is 5.68. The zero-order valence-electron chi connectivity index (χ0n) is 12.3. The van der Waals surface area contributed by atoms with E-state index in [0.29, 0.717) is 6.61 Å². The van der Waals surface area contributed by atoms with Gasteiger partial charge in [0.1, 0.15) is 0 Å². The van der Waals surface area contributed by atoms with Crippen molar-refractivity contribution in [3.05, 3.63) is 71.8 Å². The number of rotatable bonds is 6. The Morgan fingerprint density at radius 1 is 1.00 bits per heavy atom. The summed E-state index contributed by atoms with van der Waals surface area (Å²) in [5.74, 6) is 0. The van der Waals surface area contributed by atoms with Crippen LogP contribution < -0.4 is 5.32 Å². The molecule has 0 bridgehead atoms. The number of benzene rings is 2. The molecule has 0 aliphatic rings. The first-order valence-electron chi connectivity index (χ1n) is 7.34. The maximum atomic E-state index is 11.9. The van der Waals surface area contributed by atoms with Crippen molar-refractivity contribution in [3.8, 4) is 0 Å². The summed E-state index contributed by atoms with van der Waals surface area (Å²) >= 11 is 0. The third-order valence-electron chi connectivity index (χ3n) is 3.26. The van der Waals surface area contributed by atoms with Crippen molar-refractivity contribution in [2.45, 2.75) is 25.8 Å². The molecule has 2 aromatic carbocycles. The van der Waals surface area contributed by atoms with Gasteiger partial charge in [-0.05, 0) is 17.5 Å². The second-order valence-electron chi connectivity index (χ2n) is 4.89. The van der Waals surface area contributed by atoms with Gasteiger partial charge in [0, 0.05) is 0 Å². The number of hydrogen-bond acceptors (Lipinski definition) is 2. The molecule has 0 aliphatic heterocycles. The predicted octanol–water partition coefficient (Wildman–Crippen LogP) is 4.30. The summed E-state index contributed by atoms with van der Waals surface area (Å²) in [5.41, 5.74) is 2.08. The molecule has 0 unspecified atom stereocenters. The van der Waals surface area contributed by atoms with Crippen LogP contribution in [0.5, 0.6) is 0 Å². The normalized spacial score (nSPS) is 10.4. The quantitative estimate of drug-likeness (QED) is 0.803. The fraction of sp³-hybridized carbons (Fsp3) is 0.278. The van der Waals surface area contributed by atoms with Crippen molar-refractivity contribution in [2.75, 3.05) is 6.61 Å². The van der Waals surface area contributed by atoms with E-state index in [1.54, 1.807) is 0 Å². The van der Waals surface area contributed by atoms with Crippen LogP contribution in [0.15, 0.2) is 60.7 Å². The Bertz CT molecular complexity index is 500. The zero-order valence-corrected chi connectivity index (χ0v) is 12.3. The molecule has 21 heavy (non-hydrogen) atoms. The molecule has 0 saturated heterocycles. The van der Waals surface area contributed by atoms with E-state index in [0.717, 1.165) is 24.0 Å². The van der Waals surface area contributed by atoms with Gasteiger partial charge in [-0.15, -0.1) is 0 Å². The van der Waals surface area contributed by atoms with Crippen molar-refractivity contribution in [2.24, 2.45) is 0 Å². The van der Waals surface area contributed by atoms with Gasteiger partial charge in [-0.2, -0.15) is 0 Å². The van der Waals surface area contributed by atoms with Crippen LogP contribution in [0, 0.1) is 0 Å². The summed E-state index contributed by atoms with van der Waals surface area (Å²) in [5, 5.41) is 2.95. The van der Waals surface area contributed by atoms with Crippen molar-refractivity contribution in [1.82, 2.24) is 5.32 Å². The average Bonchev–Trinajstić information content (AvgIpc) is 2.54. The van der Waals surface area contributed by atoms with E-state index in [4.69, 9.17) is 4.74 Å². The number of carbonyl (C=O) groups excluding carboxylic acids is 1. The smallest absolute Gasteiger partial charge is 0.407 e. The molecule has 0 spiro atoms. The zero-order chi connectivity index (χ0) is 14.9. The summed E-state index contributed by atoms with van der Waals surface area (Å²) in [6, 6.07) is 19.6. The van der Waals surface area contributed by atoms with E-state index in [9.17, 15) is 4.79 Å². The van der Waals surface area contributed by atoms with E-state index in [-0.39, 0.29) is 12.1 Å². The highest BCUT2D eigenvalue weighted by Crippen LogP contribution is 2.21. The van der Waals surface area contributed by atoms with Crippen molar-refractivity contribution >= 4 is 6.09 Å². The lowest BCUT2D eigenvalue weighted by Crippen LogP contribution is -2.30. The van der Waals surface area contributed by atoms with Gasteiger partial charge in [0.05, 0.1) is 12.6 Å². The maximum Gasteiger partial charge on any atom is 0.407 e. The van der Waals surface area contributed by atoms with Gasteiger partial charge in [0.25, 0.3) is 0 Å². The fourth-order valence-electron chi connectivity index (χ4n) is 2.12. The number of unbranched alkanes of at least 4 members (excludes halogenated alkanes) is 1. The molecule has 0 aromatic heterocycles. The molecule has 2 aromatic rings. The molecule has 1 N–H and O–H groups in total. The van der Waals surface area contributed by atoms with Gasteiger partial charge in [-0.25, -0.2) is 4.79 Å². The molecule has 0 fully saturated rings. The van der Waals surface area contributed by atoms with Crippen LogP contribution in [0.25, 0.3) is 0 Å². The summed E-state index contributed by atoms with van der Waals surface area (Å²) in [6.45, 7) is 2.52. The number of hydrogen-bond donors (Lipinski definition) is 1. The fourth-order valence-corrected chi connectivity index (χ4v) is 2.12. The lowest BCUT2D eigenvalue weighted by molar-refractivity contribution is 0.142. The Labute approximate surface area is 126 Å². The van der Waals surface area contributed by atoms with Crippen LogP contribution in [0.1, 0.15) is 36.9 Å². The Hall–Kier alpha value is -2.29. The second kappa shape index (κ2) is 8.10. The van der Waals surface area contributed by atoms with Crippen molar-refractivity contribution in [3.63, 3.8) is 0 Å². The van der Waals surface area contributed by atoms with Gasteiger partial charge in [0.2, 0.25) is 0 Å². The van der Waals surface area contributed by atoms with Gasteiger partial charge >= 0.3 is 6.09 Å². The number of nitrogens with one attached hydrogen (secondary N) is 1. The largest absolute Gasteiger partial charge is 0.450 e. The SMILES string of the molecule is CCCCOC(=O)NC(c1ccccc1)c1ccccc1. The molecular formula is C18H21NO2. The van der Waals surface area contributed by atoms with Crippen LogP contribution in [-0.4, -0.2) is 12.7 Å². The van der Waals surface area contributed by atoms with Gasteiger partial charge in [-0.3, -0.25) is 0 Å². The monoisotopic (exact) mass is 283 g/mol. The van der Waals surface area contributed by atoms with E-state index in [1.165, 1.54) is 0 Å². The molecule has 110 valence electrons. The van der Waals surface area contributed by atoms with E-state index in [2.05, 4.69) is 12.2 Å². The molecule has 3 heteroatoms. The lowest BCUT2D eigenvalue weighted by atomic mass is 9.99. The second-order valence-corrected chi connectivity index (χ2v) is 4.89. The Balaban J connectivity index is 2.12. The summed E-state index contributed by atoms with van der Waals surface area (Å²) < 4.78 is 5.21. The Morgan fingerprint density at radius 3 is 2.00 bits per heavy atom. The third kappa shape index (κ3) is 4.63. The van der Waals surface area contributed by atoms with Crippen LogP contribution in [0.3, 0.4) is 0 Å². The summed E-state index contributed by atoms with van der Waals surface area (Å²) in [7, 11) is 0. The number of ether oxygens (including phenoxy) is 1. The first-order valence-corrected chi connectivity index (χ1v) is 7.34. The highest BCUT2D eigenvalue weighted by Gasteiger charge is 2.16. The predicted molar refractivity (Wildman–Crippen MR) is 84.1 cm³/mol. The third-order valence-corrected chi connectivity index (χ3v) is 3.26. The number of amides is 1. The van der Waals surface area contributed by atoms with E-state index >= 15 is 0 Å². The standard InChI is InChI=1S/C18H21NO2/c1-2-3-14-21-18(20)19-17(15-10-6-4-7-11-15)16-12-8-5-9-13-16/h4-13,17H,2-3,14H2,1H3,(H,19,20). The minimum Gasteiger partial charge on any atom is -0.450 e. The molecule has 1 amide bonds. The average molecular weight is 283 g/mol. The lowest BCUT2D eigenvalue weighted by Gasteiger charge is -2.19. The van der Waals surface area contributed by atoms with Crippen molar-refractivity contribution in [1.29, 1.82) is 0 Å². The first kappa shape index (κ1) is 15.1. The Morgan fingerprint density at radius 2 is 1.52 bits per heavy atom. The molecule has 0 atom stereocenters. The molecule has 0 saturated carbocycles. The summed E-state index contributed by atoms with van der Waals surface area (Å²) in [4.78, 5) is 11.9. The summed E-state index contributed by atoms with van der Waals surface area (Å²) in [6.07, 6.45) is 1.52. The van der Waals surface area contributed by atoms with E-state index < -0.39 is 0 Å². The van der Waals surface area contributed by atoms with Crippen LogP contribution in [0.2, 0.25) is 0 Å². The van der Waals surface area contributed by atoms with Crippen molar-refractivity contribution < 1.29 is 9.53 Å². The molecule has 0 heterocycles. The topological polar surface area (TPSA) is 38.3 Å². The molecule has 2 rings (SSSR count). The van der Waals surface area contributed by atoms with Gasteiger partial charge < -0.3 is 10.1 Å². The minimum atomic E-state index is -0.374. The Kier molecular flexibility index (Phi) is 5.83. The molecular weight excluding hydrogens is 262 g/mol. The van der Waals surface area contributed by atoms with Crippen LogP contribution >= 0.6 is 0 Å². The van der Waals surface area contributed by atoms with Crippen LogP contribution in [-0.2, 0) is 4.74 Å². The number of alkyl carbamates (subject to hydrolysis) is 1. The van der Waals surface area contributed by atoms with Crippen LogP contribution in [0.4, 0.5) is 4.79 Å². The highest BCUT2D eigenvalue weighted by atomic mass is 16.5. The first-order chi connectivity index (χ1) is 10.3. The molecule has 3 nitrogen and oxygen atoms in total. The van der Waals surface area contributed by atoms with Gasteiger partial charge in [0.15, 0.2) is 0 Å². The van der Waals surface area contributed by atoms with Gasteiger partial charge in [-0.1, -0.05) is 74.0 Å². The minimum absolute atomic E-state index is 0.193. The van der Waals surface area contributed by atoms with E-state index in [1.807, 2.05) is 60.7 Å². The molecule has 0 radical (unpaired) electrons. The maximum absolute atomic E-state index is 11.9.